The Morgan fingerprint density at radius 3 is 1.50 bits per heavy atom. The van der Waals surface area contributed by atoms with Gasteiger partial charge in [-0.2, -0.15) is 0 Å². The molecule has 0 aliphatic rings. The fourth-order valence-electron chi connectivity index (χ4n) is 7.03. The Balaban J connectivity index is 1.18. The number of carbonyl (C=O) groups is 3. The summed E-state index contributed by atoms with van der Waals surface area (Å²) >= 11 is 0. The van der Waals surface area contributed by atoms with Crippen LogP contribution in [0.3, 0.4) is 0 Å². The van der Waals surface area contributed by atoms with E-state index in [2.05, 4.69) is 51.1 Å². The van der Waals surface area contributed by atoms with E-state index in [0.29, 0.717) is 58.3 Å². The van der Waals surface area contributed by atoms with E-state index in [1.165, 1.54) is 57.8 Å². The lowest BCUT2D eigenvalue weighted by molar-refractivity contribution is -0.403. The van der Waals surface area contributed by atoms with Crippen LogP contribution in [0.2, 0.25) is 0 Å². The van der Waals surface area contributed by atoms with Crippen molar-refractivity contribution in [2.45, 2.75) is 122 Å². The number of hydrogen-bond acceptors (Lipinski definition) is 3. The number of quaternary nitrogens is 2. The number of hydrogen-bond donors (Lipinski definition) is 6. The van der Waals surface area contributed by atoms with Crippen molar-refractivity contribution in [3.8, 4) is 0 Å². The number of rotatable bonds is 26. The van der Waals surface area contributed by atoms with Gasteiger partial charge in [0.2, 0.25) is 5.91 Å². The van der Waals surface area contributed by atoms with Crippen LogP contribution in [0.1, 0.15) is 108 Å². The Labute approximate surface area is 310 Å². The molecule has 0 bridgehead atoms. The molecule has 10 N–H and O–H groups in total. The van der Waals surface area contributed by atoms with Gasteiger partial charge >= 0.3 is 0 Å². The lowest BCUT2D eigenvalue weighted by atomic mass is 10.0. The van der Waals surface area contributed by atoms with Crippen molar-refractivity contribution in [2.24, 2.45) is 0 Å². The molecule has 0 aliphatic carbocycles. The predicted octanol–water partition coefficient (Wildman–Crippen LogP) is 5.20. The molecule has 52 heavy (non-hydrogen) atoms. The average Bonchev–Trinajstić information content (AvgIpc) is 3.76. The minimum Gasteiger partial charge on any atom is -0.361 e. The molecular formula is C42H65N7O3+2. The number of carbonyl (C=O) groups excluding carboxylic acids is 3. The van der Waals surface area contributed by atoms with Gasteiger partial charge in [-0.25, -0.2) is 0 Å². The molecule has 4 rings (SSSR count). The van der Waals surface area contributed by atoms with Gasteiger partial charge in [-0.05, 0) is 42.5 Å². The second-order valence-corrected chi connectivity index (χ2v) is 14.5. The van der Waals surface area contributed by atoms with Crippen molar-refractivity contribution >= 4 is 39.5 Å². The van der Waals surface area contributed by atoms with Crippen molar-refractivity contribution in [1.82, 2.24) is 25.5 Å². The highest BCUT2D eigenvalue weighted by molar-refractivity contribution is 5.86. The SMILES string of the molecule is CCCCCCCCCCCCCC(=O)N(CCCNC(=O)[C@@H]([NH3+])Cc1c[nH]c2ccccc12)CCCNC(=O)[C@@H]([NH3+])Cc1c[nH]c2ccccc12. The van der Waals surface area contributed by atoms with Gasteiger partial charge < -0.3 is 37.0 Å². The Morgan fingerprint density at radius 2 is 1.04 bits per heavy atom. The summed E-state index contributed by atoms with van der Waals surface area (Å²) < 4.78 is 0. The fourth-order valence-corrected chi connectivity index (χ4v) is 7.03. The van der Waals surface area contributed by atoms with Crippen molar-refractivity contribution in [3.05, 3.63) is 72.1 Å². The van der Waals surface area contributed by atoms with Crippen LogP contribution in [0.25, 0.3) is 21.8 Å². The first-order valence-corrected chi connectivity index (χ1v) is 20.0. The van der Waals surface area contributed by atoms with Gasteiger partial charge in [0.25, 0.3) is 11.8 Å². The molecule has 10 heteroatoms. The molecule has 0 unspecified atom stereocenters. The lowest BCUT2D eigenvalue weighted by Gasteiger charge is -2.23. The molecule has 0 fully saturated rings. The molecule has 2 heterocycles. The van der Waals surface area contributed by atoms with Crippen LogP contribution in [0.5, 0.6) is 0 Å². The van der Waals surface area contributed by atoms with E-state index in [1.807, 2.05) is 53.7 Å². The first kappa shape index (κ1) is 40.6. The Hall–Kier alpha value is -4.15. The second-order valence-electron chi connectivity index (χ2n) is 14.5. The highest BCUT2D eigenvalue weighted by Crippen LogP contribution is 2.20. The Morgan fingerprint density at radius 1 is 0.615 bits per heavy atom. The van der Waals surface area contributed by atoms with Crippen LogP contribution in [-0.4, -0.2) is 70.9 Å². The van der Waals surface area contributed by atoms with E-state index in [1.54, 1.807) is 0 Å². The summed E-state index contributed by atoms with van der Waals surface area (Å²) in [5.41, 5.74) is 12.5. The summed E-state index contributed by atoms with van der Waals surface area (Å²) in [6.45, 7) is 4.34. The Kier molecular flexibility index (Phi) is 17.7. The maximum Gasteiger partial charge on any atom is 0.278 e. The quantitative estimate of drug-likeness (QED) is 0.0494. The molecule has 2 aromatic carbocycles. The van der Waals surface area contributed by atoms with E-state index >= 15 is 0 Å². The summed E-state index contributed by atoms with van der Waals surface area (Å²) in [5, 5.41) is 8.31. The topological polar surface area (TPSA) is 165 Å². The molecule has 0 saturated heterocycles. The fraction of sp³-hybridized carbons (Fsp3) is 0.548. The summed E-state index contributed by atoms with van der Waals surface area (Å²) in [4.78, 5) is 47.6. The third-order valence-corrected chi connectivity index (χ3v) is 10.2. The van der Waals surface area contributed by atoms with Crippen LogP contribution in [0, 0.1) is 0 Å². The number of aromatic amines is 2. The van der Waals surface area contributed by atoms with E-state index in [9.17, 15) is 14.4 Å². The van der Waals surface area contributed by atoms with E-state index in [4.69, 9.17) is 0 Å². The zero-order valence-corrected chi connectivity index (χ0v) is 31.7. The monoisotopic (exact) mass is 716 g/mol. The number of nitrogens with one attached hydrogen (secondary N) is 4. The highest BCUT2D eigenvalue weighted by Gasteiger charge is 2.21. The number of para-hydroxylation sites is 2. The zero-order chi connectivity index (χ0) is 37.0. The predicted molar refractivity (Wildman–Crippen MR) is 210 cm³/mol. The van der Waals surface area contributed by atoms with Gasteiger partial charge in [0.05, 0.1) is 0 Å². The smallest absolute Gasteiger partial charge is 0.278 e. The molecule has 2 aromatic heterocycles. The molecule has 0 saturated carbocycles. The van der Waals surface area contributed by atoms with Gasteiger partial charge in [-0.15, -0.1) is 0 Å². The van der Waals surface area contributed by atoms with Crippen LogP contribution >= 0.6 is 0 Å². The molecule has 284 valence electrons. The number of amides is 3. The summed E-state index contributed by atoms with van der Waals surface area (Å²) in [5.74, 6) is -0.0123. The molecule has 0 spiro atoms. The summed E-state index contributed by atoms with van der Waals surface area (Å²) in [6, 6.07) is 15.3. The number of nitrogens with zero attached hydrogens (tertiary/aromatic N) is 1. The van der Waals surface area contributed by atoms with Gasteiger partial charge in [0.1, 0.15) is 0 Å². The normalized spacial score (nSPS) is 12.6. The highest BCUT2D eigenvalue weighted by atomic mass is 16.2. The first-order chi connectivity index (χ1) is 25.4. The van der Waals surface area contributed by atoms with Gasteiger partial charge in [-0.1, -0.05) is 108 Å². The molecule has 0 radical (unpaired) electrons. The van der Waals surface area contributed by atoms with Crippen LogP contribution in [0.4, 0.5) is 0 Å². The average molecular weight is 716 g/mol. The lowest BCUT2D eigenvalue weighted by Crippen LogP contribution is -2.68. The van der Waals surface area contributed by atoms with Crippen LogP contribution < -0.4 is 22.1 Å². The van der Waals surface area contributed by atoms with Crippen molar-refractivity contribution < 1.29 is 25.9 Å². The first-order valence-electron chi connectivity index (χ1n) is 20.0. The van der Waals surface area contributed by atoms with Crippen LogP contribution in [-0.2, 0) is 27.2 Å². The largest absolute Gasteiger partial charge is 0.361 e. The maximum absolute atomic E-state index is 13.4. The number of H-pyrrole nitrogens is 2. The van der Waals surface area contributed by atoms with Gasteiger partial charge in [-0.3, -0.25) is 14.4 Å². The van der Waals surface area contributed by atoms with Gasteiger partial charge in [0.15, 0.2) is 12.1 Å². The molecule has 4 aromatic rings. The molecule has 2 atom stereocenters. The summed E-state index contributed by atoms with van der Waals surface area (Å²) in [6.07, 6.45) is 20.6. The minimum atomic E-state index is -0.408. The van der Waals surface area contributed by atoms with E-state index in [0.717, 1.165) is 45.8 Å². The third-order valence-electron chi connectivity index (χ3n) is 10.2. The molecule has 3 amide bonds. The van der Waals surface area contributed by atoms with Crippen molar-refractivity contribution in [3.63, 3.8) is 0 Å². The second kappa shape index (κ2) is 22.7. The maximum atomic E-state index is 13.4. The Bertz CT molecular complexity index is 1540. The standard InChI is InChI=1S/C42H63N7O3/c1-2-3-4-5-6-7-8-9-10-11-12-23-40(50)49(26-17-24-45-41(51)36(43)28-32-30-47-38-21-15-13-19-34(32)38)27-18-25-46-42(52)37(44)29-33-31-48-39-22-16-14-20-35(33)39/h13-16,19-22,30-31,36-37,47-48H,2-12,17-18,23-29,43-44H2,1H3,(H,45,51)(H,46,52)/p+2/t36-,37-/m0/s1. The van der Waals surface area contributed by atoms with E-state index in [-0.39, 0.29) is 17.7 Å². The molecular weight excluding hydrogens is 651 g/mol. The number of benzene rings is 2. The minimum absolute atomic E-state index is 0.0813. The van der Waals surface area contributed by atoms with Crippen LogP contribution in [0.15, 0.2) is 60.9 Å². The van der Waals surface area contributed by atoms with Crippen molar-refractivity contribution in [1.29, 1.82) is 0 Å². The summed E-state index contributed by atoms with van der Waals surface area (Å²) in [7, 11) is 0. The number of fused-ring (bicyclic) bond motifs is 2. The number of unbranched alkanes of at least 4 members (excludes halogenated alkanes) is 10. The third kappa shape index (κ3) is 13.4. The van der Waals surface area contributed by atoms with Gasteiger partial charge in [0, 0.05) is 79.6 Å². The molecule has 10 nitrogen and oxygen atoms in total. The van der Waals surface area contributed by atoms with E-state index < -0.39 is 12.1 Å². The zero-order valence-electron chi connectivity index (χ0n) is 31.7. The molecule has 0 aliphatic heterocycles. The van der Waals surface area contributed by atoms with Crippen molar-refractivity contribution in [2.75, 3.05) is 26.2 Å². The number of aromatic nitrogens is 2.